The first-order valence-corrected chi connectivity index (χ1v) is 7.12. The van der Waals surface area contributed by atoms with Gasteiger partial charge in [-0.1, -0.05) is 29.3 Å². The van der Waals surface area contributed by atoms with Gasteiger partial charge >= 0.3 is 0 Å². The molecule has 1 N–H and O–H groups in total. The highest BCUT2D eigenvalue weighted by Gasteiger charge is 2.37. The summed E-state index contributed by atoms with van der Waals surface area (Å²) in [5.41, 5.74) is 0.469. The molecule has 0 spiro atoms. The zero-order chi connectivity index (χ0) is 14.0. The van der Waals surface area contributed by atoms with Gasteiger partial charge in [-0.3, -0.25) is 4.79 Å². The molecule has 1 aromatic rings. The monoisotopic (exact) mass is 300 g/mol. The van der Waals surface area contributed by atoms with Gasteiger partial charge in [-0.2, -0.15) is 0 Å². The van der Waals surface area contributed by atoms with Crippen LogP contribution < -0.4 is 5.32 Å². The Morgan fingerprint density at radius 2 is 2.21 bits per heavy atom. The molecule has 1 unspecified atom stereocenters. The Bertz CT molecular complexity index is 484. The van der Waals surface area contributed by atoms with Crippen molar-refractivity contribution < 1.29 is 4.79 Å². The van der Waals surface area contributed by atoms with Crippen molar-refractivity contribution in [3.05, 3.63) is 33.8 Å². The average Bonchev–Trinajstić information content (AvgIpc) is 2.80. The first-order chi connectivity index (χ1) is 8.92. The Morgan fingerprint density at radius 3 is 2.79 bits per heavy atom. The highest BCUT2D eigenvalue weighted by molar-refractivity contribution is 6.35. The summed E-state index contributed by atoms with van der Waals surface area (Å²) < 4.78 is 0. The average molecular weight is 301 g/mol. The van der Waals surface area contributed by atoms with Crippen LogP contribution in [0.5, 0.6) is 0 Å². The van der Waals surface area contributed by atoms with Gasteiger partial charge in [0.1, 0.15) is 0 Å². The number of benzene rings is 1. The van der Waals surface area contributed by atoms with Crippen molar-refractivity contribution in [3.8, 4) is 0 Å². The van der Waals surface area contributed by atoms with Crippen LogP contribution in [0.4, 0.5) is 0 Å². The molecular weight excluding hydrogens is 283 g/mol. The number of nitrogens with one attached hydrogen (secondary N) is 1. The van der Waals surface area contributed by atoms with E-state index >= 15 is 0 Å². The van der Waals surface area contributed by atoms with Crippen LogP contribution in [0.15, 0.2) is 18.2 Å². The van der Waals surface area contributed by atoms with Crippen LogP contribution >= 0.6 is 23.2 Å². The molecule has 1 saturated heterocycles. The number of nitrogens with zero attached hydrogens (tertiary/aromatic N) is 1. The molecule has 1 fully saturated rings. The first-order valence-electron chi connectivity index (χ1n) is 6.37. The number of rotatable bonds is 3. The van der Waals surface area contributed by atoms with E-state index in [0.29, 0.717) is 16.6 Å². The minimum Gasteiger partial charge on any atom is -0.340 e. The molecule has 0 aromatic heterocycles. The fourth-order valence-electron chi connectivity index (χ4n) is 2.48. The van der Waals surface area contributed by atoms with Crippen molar-refractivity contribution in [3.63, 3.8) is 0 Å². The summed E-state index contributed by atoms with van der Waals surface area (Å²) in [5.74, 6) is 0.107. The van der Waals surface area contributed by atoms with Crippen molar-refractivity contribution in [2.45, 2.75) is 31.8 Å². The van der Waals surface area contributed by atoms with E-state index < -0.39 is 5.54 Å². The molecule has 0 aliphatic carbocycles. The SMILES string of the molecule is CN(Cc1ccc(Cl)cc1Cl)C(=O)C1(C)CCCN1. The predicted octanol–water partition coefficient (Wildman–Crippen LogP) is 3.09. The lowest BCUT2D eigenvalue weighted by Gasteiger charge is -2.29. The Hall–Kier alpha value is -0.770. The lowest BCUT2D eigenvalue weighted by Crippen LogP contribution is -2.51. The second-order valence-electron chi connectivity index (χ2n) is 5.26. The Labute approximate surface area is 123 Å². The number of hydrogen-bond donors (Lipinski definition) is 1. The zero-order valence-corrected chi connectivity index (χ0v) is 12.7. The van der Waals surface area contributed by atoms with Gasteiger partial charge in [0.05, 0.1) is 5.54 Å². The minimum atomic E-state index is -0.437. The van der Waals surface area contributed by atoms with Gasteiger partial charge in [-0.15, -0.1) is 0 Å². The summed E-state index contributed by atoms with van der Waals surface area (Å²) in [6, 6.07) is 5.35. The van der Waals surface area contributed by atoms with Crippen LogP contribution in [0.2, 0.25) is 10.0 Å². The standard InChI is InChI=1S/C14H18Cl2N2O/c1-14(6-3-7-17-14)13(19)18(2)9-10-4-5-11(15)8-12(10)16/h4-5,8,17H,3,6-7,9H2,1-2H3. The summed E-state index contributed by atoms with van der Waals surface area (Å²) in [5, 5.41) is 4.48. The van der Waals surface area contributed by atoms with Crippen molar-refractivity contribution in [2.24, 2.45) is 0 Å². The number of hydrogen-bond acceptors (Lipinski definition) is 2. The van der Waals surface area contributed by atoms with Crippen LogP contribution in [-0.4, -0.2) is 29.9 Å². The largest absolute Gasteiger partial charge is 0.340 e. The molecule has 1 atom stereocenters. The van der Waals surface area contributed by atoms with Crippen molar-refractivity contribution in [2.75, 3.05) is 13.6 Å². The second-order valence-corrected chi connectivity index (χ2v) is 6.10. The van der Waals surface area contributed by atoms with Crippen molar-refractivity contribution >= 4 is 29.1 Å². The molecule has 0 radical (unpaired) electrons. The molecule has 5 heteroatoms. The Kier molecular flexibility index (Phi) is 4.39. The van der Waals surface area contributed by atoms with Crippen LogP contribution in [0.1, 0.15) is 25.3 Å². The number of likely N-dealkylation sites (N-methyl/N-ethyl adjacent to an activating group) is 1. The lowest BCUT2D eigenvalue weighted by atomic mass is 9.98. The lowest BCUT2D eigenvalue weighted by molar-refractivity contribution is -0.136. The summed E-state index contributed by atoms with van der Waals surface area (Å²) in [4.78, 5) is 14.2. The van der Waals surface area contributed by atoms with Gasteiger partial charge in [0.2, 0.25) is 5.91 Å². The molecule has 3 nitrogen and oxygen atoms in total. The quantitative estimate of drug-likeness (QED) is 0.930. The summed E-state index contributed by atoms with van der Waals surface area (Å²) in [7, 11) is 1.80. The zero-order valence-electron chi connectivity index (χ0n) is 11.2. The predicted molar refractivity (Wildman–Crippen MR) is 78.6 cm³/mol. The summed E-state index contributed by atoms with van der Waals surface area (Å²) >= 11 is 12.0. The molecule has 0 bridgehead atoms. The molecule has 1 heterocycles. The smallest absolute Gasteiger partial charge is 0.242 e. The van der Waals surface area contributed by atoms with Gasteiger partial charge in [-0.25, -0.2) is 0 Å². The molecule has 104 valence electrons. The van der Waals surface area contributed by atoms with E-state index in [-0.39, 0.29) is 5.91 Å². The Morgan fingerprint density at radius 1 is 1.47 bits per heavy atom. The van der Waals surface area contributed by atoms with E-state index in [1.165, 1.54) is 0 Å². The topological polar surface area (TPSA) is 32.3 Å². The van der Waals surface area contributed by atoms with E-state index in [9.17, 15) is 4.79 Å². The van der Waals surface area contributed by atoms with Gasteiger partial charge in [0, 0.05) is 23.6 Å². The van der Waals surface area contributed by atoms with E-state index in [1.807, 2.05) is 13.0 Å². The maximum absolute atomic E-state index is 12.4. The van der Waals surface area contributed by atoms with Gasteiger partial charge in [-0.05, 0) is 44.0 Å². The molecule has 0 saturated carbocycles. The third kappa shape index (κ3) is 3.22. The second kappa shape index (κ2) is 5.70. The number of carbonyl (C=O) groups excluding carboxylic acids is 1. The molecular formula is C14H18Cl2N2O. The minimum absolute atomic E-state index is 0.107. The molecule has 1 amide bonds. The maximum atomic E-state index is 12.4. The normalized spacial score (nSPS) is 22.5. The van der Waals surface area contributed by atoms with Crippen molar-refractivity contribution in [1.29, 1.82) is 0 Å². The highest BCUT2D eigenvalue weighted by atomic mass is 35.5. The highest BCUT2D eigenvalue weighted by Crippen LogP contribution is 2.25. The third-order valence-corrected chi connectivity index (χ3v) is 4.20. The van der Waals surface area contributed by atoms with E-state index in [1.54, 1.807) is 24.1 Å². The number of amides is 1. The number of carbonyl (C=O) groups is 1. The summed E-state index contributed by atoms with van der Waals surface area (Å²) in [6.07, 6.45) is 1.92. The first kappa shape index (κ1) is 14.6. The van der Waals surface area contributed by atoms with Crippen LogP contribution in [0.3, 0.4) is 0 Å². The van der Waals surface area contributed by atoms with Crippen LogP contribution in [-0.2, 0) is 11.3 Å². The Balaban J connectivity index is 2.08. The van der Waals surface area contributed by atoms with E-state index in [2.05, 4.69) is 5.32 Å². The molecule has 1 aliphatic rings. The van der Waals surface area contributed by atoms with Gasteiger partial charge < -0.3 is 10.2 Å². The van der Waals surface area contributed by atoms with Crippen LogP contribution in [0.25, 0.3) is 0 Å². The molecule has 2 rings (SSSR count). The number of halogens is 2. The van der Waals surface area contributed by atoms with E-state index in [0.717, 1.165) is 24.9 Å². The fourth-order valence-corrected chi connectivity index (χ4v) is 2.94. The van der Waals surface area contributed by atoms with Crippen LogP contribution in [0, 0.1) is 0 Å². The molecule has 1 aliphatic heterocycles. The maximum Gasteiger partial charge on any atom is 0.242 e. The third-order valence-electron chi connectivity index (χ3n) is 3.61. The van der Waals surface area contributed by atoms with E-state index in [4.69, 9.17) is 23.2 Å². The summed E-state index contributed by atoms with van der Waals surface area (Å²) in [6.45, 7) is 3.35. The van der Waals surface area contributed by atoms with Gasteiger partial charge in [0.25, 0.3) is 0 Å². The molecule has 1 aromatic carbocycles. The van der Waals surface area contributed by atoms with Gasteiger partial charge in [0.15, 0.2) is 0 Å². The fraction of sp³-hybridized carbons (Fsp3) is 0.500. The molecule has 19 heavy (non-hydrogen) atoms. The van der Waals surface area contributed by atoms with Crippen molar-refractivity contribution in [1.82, 2.24) is 10.2 Å².